The van der Waals surface area contributed by atoms with Gasteiger partial charge < -0.3 is 5.73 Å². The molecule has 0 amide bonds. The molecule has 0 unspecified atom stereocenters. The van der Waals surface area contributed by atoms with Gasteiger partial charge in [-0.3, -0.25) is 0 Å². The van der Waals surface area contributed by atoms with Crippen LogP contribution in [0.4, 0.5) is 14.5 Å². The van der Waals surface area contributed by atoms with Gasteiger partial charge in [-0.15, -0.1) is 0 Å². The Morgan fingerprint density at radius 2 is 1.59 bits per heavy atom. The van der Waals surface area contributed by atoms with Crippen molar-refractivity contribution in [2.45, 2.75) is 0 Å². The van der Waals surface area contributed by atoms with Gasteiger partial charge >= 0.3 is 0 Å². The van der Waals surface area contributed by atoms with E-state index in [1.807, 2.05) is 0 Å². The molecule has 5 heteroatoms. The molecule has 0 aromatic heterocycles. The van der Waals surface area contributed by atoms with Gasteiger partial charge in [-0.1, -0.05) is 35.3 Å². The van der Waals surface area contributed by atoms with E-state index < -0.39 is 11.6 Å². The SMILES string of the molecule is Nc1cc(F)c(-c2cccc(Cl)c2Cl)c(F)c1. The third kappa shape index (κ3) is 2.21. The predicted molar refractivity (Wildman–Crippen MR) is 66.2 cm³/mol. The van der Waals surface area contributed by atoms with Crippen molar-refractivity contribution in [2.24, 2.45) is 0 Å². The lowest BCUT2D eigenvalue weighted by Crippen LogP contribution is -1.95. The molecule has 0 atom stereocenters. The maximum Gasteiger partial charge on any atom is 0.136 e. The van der Waals surface area contributed by atoms with E-state index in [1.54, 1.807) is 12.1 Å². The van der Waals surface area contributed by atoms with Crippen LogP contribution in [0.15, 0.2) is 30.3 Å². The lowest BCUT2D eigenvalue weighted by Gasteiger charge is -2.09. The Morgan fingerprint density at radius 1 is 1.00 bits per heavy atom. The largest absolute Gasteiger partial charge is 0.399 e. The highest BCUT2D eigenvalue weighted by Crippen LogP contribution is 2.36. The van der Waals surface area contributed by atoms with Crippen LogP contribution in [0, 0.1) is 11.6 Å². The van der Waals surface area contributed by atoms with Crippen molar-refractivity contribution < 1.29 is 8.78 Å². The van der Waals surface area contributed by atoms with E-state index in [0.717, 1.165) is 12.1 Å². The highest BCUT2D eigenvalue weighted by Gasteiger charge is 2.16. The molecule has 0 radical (unpaired) electrons. The number of rotatable bonds is 1. The quantitative estimate of drug-likeness (QED) is 0.760. The molecule has 17 heavy (non-hydrogen) atoms. The standard InChI is InChI=1S/C12H7Cl2F2N/c13-8-3-1-2-7(12(8)14)11-9(15)4-6(17)5-10(11)16/h1-5H,17H2. The Bertz CT molecular complexity index is 562. The van der Waals surface area contributed by atoms with E-state index in [2.05, 4.69) is 0 Å². The Balaban J connectivity index is 2.73. The maximum absolute atomic E-state index is 13.7. The van der Waals surface area contributed by atoms with E-state index in [4.69, 9.17) is 28.9 Å². The Hall–Kier alpha value is -1.32. The van der Waals surface area contributed by atoms with Gasteiger partial charge in [0.25, 0.3) is 0 Å². The Kier molecular flexibility index (Phi) is 3.22. The zero-order chi connectivity index (χ0) is 12.6. The molecule has 0 aliphatic rings. The van der Waals surface area contributed by atoms with Crippen molar-refractivity contribution >= 4 is 28.9 Å². The molecule has 0 spiro atoms. The number of hydrogen-bond donors (Lipinski definition) is 1. The summed E-state index contributed by atoms with van der Waals surface area (Å²) in [5, 5.41) is 0.344. The fourth-order valence-electron chi connectivity index (χ4n) is 1.55. The second-order valence-electron chi connectivity index (χ2n) is 3.46. The minimum Gasteiger partial charge on any atom is -0.399 e. The summed E-state index contributed by atoms with van der Waals surface area (Å²) >= 11 is 11.7. The van der Waals surface area contributed by atoms with Gasteiger partial charge in [0.05, 0.1) is 15.6 Å². The lowest BCUT2D eigenvalue weighted by molar-refractivity contribution is 0.591. The van der Waals surface area contributed by atoms with Crippen LogP contribution in [0.1, 0.15) is 0 Å². The lowest BCUT2D eigenvalue weighted by atomic mass is 10.0. The molecule has 0 saturated carbocycles. The summed E-state index contributed by atoms with van der Waals surface area (Å²) in [6, 6.07) is 6.68. The molecule has 0 saturated heterocycles. The third-order valence-electron chi connectivity index (χ3n) is 2.29. The number of hydrogen-bond acceptors (Lipinski definition) is 1. The van der Waals surface area contributed by atoms with Crippen molar-refractivity contribution in [1.82, 2.24) is 0 Å². The summed E-state index contributed by atoms with van der Waals surface area (Å²) in [6.45, 7) is 0. The van der Waals surface area contributed by atoms with E-state index >= 15 is 0 Å². The first-order valence-electron chi connectivity index (χ1n) is 4.69. The second kappa shape index (κ2) is 4.51. The van der Waals surface area contributed by atoms with Crippen LogP contribution in [-0.4, -0.2) is 0 Å². The van der Waals surface area contributed by atoms with Crippen molar-refractivity contribution in [3.05, 3.63) is 52.0 Å². The van der Waals surface area contributed by atoms with Crippen LogP contribution < -0.4 is 5.73 Å². The van der Waals surface area contributed by atoms with Crippen LogP contribution in [0.2, 0.25) is 10.0 Å². The molecule has 2 aromatic carbocycles. The van der Waals surface area contributed by atoms with Gasteiger partial charge in [0.2, 0.25) is 0 Å². The average molecular weight is 274 g/mol. The third-order valence-corrected chi connectivity index (χ3v) is 3.10. The van der Waals surface area contributed by atoms with Gasteiger partial charge in [-0.05, 0) is 18.2 Å². The zero-order valence-electron chi connectivity index (χ0n) is 8.48. The minimum absolute atomic E-state index is 0.0156. The van der Waals surface area contributed by atoms with Crippen LogP contribution in [-0.2, 0) is 0 Å². The predicted octanol–water partition coefficient (Wildman–Crippen LogP) is 4.52. The normalized spacial score (nSPS) is 10.6. The smallest absolute Gasteiger partial charge is 0.136 e. The summed E-state index contributed by atoms with van der Waals surface area (Å²) in [5.74, 6) is -1.54. The van der Waals surface area contributed by atoms with Gasteiger partial charge in [0.15, 0.2) is 0 Å². The average Bonchev–Trinajstić information content (AvgIpc) is 2.23. The van der Waals surface area contributed by atoms with E-state index in [0.29, 0.717) is 0 Å². The van der Waals surface area contributed by atoms with Gasteiger partial charge in [0.1, 0.15) is 11.6 Å². The molecule has 0 aliphatic carbocycles. The van der Waals surface area contributed by atoms with Crippen molar-refractivity contribution in [2.75, 3.05) is 5.73 Å². The summed E-state index contributed by atoms with van der Waals surface area (Å²) in [7, 11) is 0. The molecule has 0 fully saturated rings. The first-order valence-corrected chi connectivity index (χ1v) is 5.45. The molecule has 1 nitrogen and oxygen atoms in total. The number of anilines is 1. The van der Waals surface area contributed by atoms with Crippen LogP contribution in [0.3, 0.4) is 0 Å². The van der Waals surface area contributed by atoms with E-state index in [9.17, 15) is 8.78 Å². The number of nitrogen functional groups attached to an aromatic ring is 1. The molecule has 0 heterocycles. The number of benzene rings is 2. The number of nitrogens with two attached hydrogens (primary N) is 1. The number of halogens is 4. The molecule has 0 bridgehead atoms. The van der Waals surface area contributed by atoms with Crippen LogP contribution in [0.25, 0.3) is 11.1 Å². The molecule has 2 aromatic rings. The minimum atomic E-state index is -0.772. The summed E-state index contributed by atoms with van der Waals surface area (Å²) in [6.07, 6.45) is 0. The van der Waals surface area contributed by atoms with Gasteiger partial charge in [-0.25, -0.2) is 8.78 Å². The van der Waals surface area contributed by atoms with Crippen LogP contribution in [0.5, 0.6) is 0 Å². The van der Waals surface area contributed by atoms with E-state index in [1.165, 1.54) is 6.07 Å². The fraction of sp³-hybridized carbons (Fsp3) is 0. The van der Waals surface area contributed by atoms with Crippen molar-refractivity contribution in [3.8, 4) is 11.1 Å². The van der Waals surface area contributed by atoms with Crippen LogP contribution >= 0.6 is 23.2 Å². The zero-order valence-corrected chi connectivity index (χ0v) is 9.99. The molecule has 2 N–H and O–H groups in total. The molecule has 88 valence electrons. The fourth-order valence-corrected chi connectivity index (χ4v) is 1.94. The van der Waals surface area contributed by atoms with Gasteiger partial charge in [0, 0.05) is 11.3 Å². The topological polar surface area (TPSA) is 26.0 Å². The molecule has 0 aliphatic heterocycles. The molecular weight excluding hydrogens is 267 g/mol. The first kappa shape index (κ1) is 12.1. The van der Waals surface area contributed by atoms with Gasteiger partial charge in [-0.2, -0.15) is 0 Å². The Morgan fingerprint density at radius 3 is 2.18 bits per heavy atom. The Labute approximate surface area is 107 Å². The summed E-state index contributed by atoms with van der Waals surface area (Å²) in [4.78, 5) is 0. The molecular formula is C12H7Cl2F2N. The van der Waals surface area contributed by atoms with Crippen molar-refractivity contribution in [3.63, 3.8) is 0 Å². The summed E-state index contributed by atoms with van der Waals surface area (Å²) < 4.78 is 27.4. The van der Waals surface area contributed by atoms with E-state index in [-0.39, 0.29) is 26.9 Å². The summed E-state index contributed by atoms with van der Waals surface area (Å²) in [5.41, 5.74) is 5.32. The second-order valence-corrected chi connectivity index (χ2v) is 4.25. The first-order chi connectivity index (χ1) is 8.00. The molecule has 2 rings (SSSR count). The highest BCUT2D eigenvalue weighted by molar-refractivity contribution is 6.43. The maximum atomic E-state index is 13.7. The van der Waals surface area contributed by atoms with Crippen molar-refractivity contribution in [1.29, 1.82) is 0 Å². The highest BCUT2D eigenvalue weighted by atomic mass is 35.5. The monoisotopic (exact) mass is 273 g/mol.